The van der Waals surface area contributed by atoms with E-state index in [0.29, 0.717) is 12.0 Å². The van der Waals surface area contributed by atoms with Crippen molar-refractivity contribution in [2.24, 2.45) is 0 Å². The molecule has 4 heteroatoms. The highest BCUT2D eigenvalue weighted by Crippen LogP contribution is 2.27. The molecule has 1 aliphatic rings. The molecule has 1 amide bonds. The first kappa shape index (κ1) is 17.1. The molecule has 1 saturated carbocycles. The fourth-order valence-corrected chi connectivity index (χ4v) is 2.97. The van der Waals surface area contributed by atoms with Crippen LogP contribution in [0.15, 0.2) is 30.0 Å². The van der Waals surface area contributed by atoms with Crippen LogP contribution < -0.4 is 10.6 Å². The second-order valence-electron chi connectivity index (χ2n) is 6.47. The Morgan fingerprint density at radius 2 is 2.04 bits per heavy atom. The van der Waals surface area contributed by atoms with Crippen molar-refractivity contribution < 1.29 is 4.79 Å². The van der Waals surface area contributed by atoms with E-state index in [1.807, 2.05) is 31.2 Å². The summed E-state index contributed by atoms with van der Waals surface area (Å²) in [6.45, 7) is 6.15. The molecule has 0 bridgehead atoms. The van der Waals surface area contributed by atoms with Gasteiger partial charge < -0.3 is 10.6 Å². The monoisotopic (exact) mass is 311 g/mol. The molecule has 0 atom stereocenters. The zero-order valence-electron chi connectivity index (χ0n) is 14.1. The summed E-state index contributed by atoms with van der Waals surface area (Å²) < 4.78 is 0. The van der Waals surface area contributed by atoms with Gasteiger partial charge in [0, 0.05) is 17.9 Å². The summed E-state index contributed by atoms with van der Waals surface area (Å²) in [4.78, 5) is 12.4. The van der Waals surface area contributed by atoms with Gasteiger partial charge in [-0.15, -0.1) is 0 Å². The Labute approximate surface area is 138 Å². The minimum Gasteiger partial charge on any atom is -0.387 e. The smallest absolute Gasteiger partial charge is 0.267 e. The van der Waals surface area contributed by atoms with E-state index in [0.717, 1.165) is 29.7 Å². The fourth-order valence-electron chi connectivity index (χ4n) is 2.97. The minimum atomic E-state index is -0.353. The van der Waals surface area contributed by atoms with Gasteiger partial charge in [0.05, 0.1) is 0 Å². The third-order valence-corrected chi connectivity index (χ3v) is 4.35. The zero-order chi connectivity index (χ0) is 16.8. The Morgan fingerprint density at radius 1 is 1.35 bits per heavy atom. The van der Waals surface area contributed by atoms with Crippen molar-refractivity contribution in [3.8, 4) is 6.07 Å². The SMILES string of the molecule is Cc1cccc(C(C)C)c1NC(=O)/C(C#N)=C\NC1CCCC1. The molecule has 1 aliphatic carbocycles. The van der Waals surface area contributed by atoms with Crippen LogP contribution in [0.2, 0.25) is 0 Å². The first-order valence-corrected chi connectivity index (χ1v) is 8.30. The Bertz CT molecular complexity index is 635. The number of nitrogens with one attached hydrogen (secondary N) is 2. The number of hydrogen-bond acceptors (Lipinski definition) is 3. The average Bonchev–Trinajstić information content (AvgIpc) is 3.03. The summed E-state index contributed by atoms with van der Waals surface area (Å²) in [5.74, 6) is -0.0504. The lowest BCUT2D eigenvalue weighted by Crippen LogP contribution is -2.23. The third-order valence-electron chi connectivity index (χ3n) is 4.35. The third kappa shape index (κ3) is 4.35. The Kier molecular flexibility index (Phi) is 5.81. The number of benzene rings is 1. The molecule has 0 aromatic heterocycles. The molecule has 1 fully saturated rings. The van der Waals surface area contributed by atoms with E-state index in [2.05, 4.69) is 24.5 Å². The first-order chi connectivity index (χ1) is 11.0. The van der Waals surface area contributed by atoms with Gasteiger partial charge in [-0.1, -0.05) is 44.9 Å². The van der Waals surface area contributed by atoms with E-state index >= 15 is 0 Å². The van der Waals surface area contributed by atoms with Gasteiger partial charge in [-0.05, 0) is 36.8 Å². The molecule has 0 saturated heterocycles. The molecule has 4 nitrogen and oxygen atoms in total. The second-order valence-corrected chi connectivity index (χ2v) is 6.47. The van der Waals surface area contributed by atoms with Crippen LogP contribution in [-0.4, -0.2) is 11.9 Å². The standard InChI is InChI=1S/C19H25N3O/c1-13(2)17-10-6-7-14(3)18(17)22-19(23)15(11-20)12-21-16-8-4-5-9-16/h6-7,10,12-13,16,21H,4-5,8-9H2,1-3H3,(H,22,23)/b15-12-. The number of carbonyl (C=O) groups excluding carboxylic acids is 1. The van der Waals surface area contributed by atoms with Crippen molar-refractivity contribution in [1.29, 1.82) is 5.26 Å². The van der Waals surface area contributed by atoms with Crippen LogP contribution in [0.5, 0.6) is 0 Å². The molecular weight excluding hydrogens is 286 g/mol. The summed E-state index contributed by atoms with van der Waals surface area (Å²) in [7, 11) is 0. The van der Waals surface area contributed by atoms with Crippen molar-refractivity contribution >= 4 is 11.6 Å². The zero-order valence-corrected chi connectivity index (χ0v) is 14.1. The maximum absolute atomic E-state index is 12.4. The molecule has 122 valence electrons. The molecule has 0 heterocycles. The van der Waals surface area contributed by atoms with Gasteiger partial charge in [0.2, 0.25) is 0 Å². The fraction of sp³-hybridized carbons (Fsp3) is 0.474. The van der Waals surface area contributed by atoms with Crippen LogP contribution >= 0.6 is 0 Å². The van der Waals surface area contributed by atoms with Gasteiger partial charge in [-0.25, -0.2) is 0 Å². The second kappa shape index (κ2) is 7.82. The number of carbonyl (C=O) groups is 1. The highest BCUT2D eigenvalue weighted by molar-refractivity contribution is 6.07. The highest BCUT2D eigenvalue weighted by atomic mass is 16.1. The first-order valence-electron chi connectivity index (χ1n) is 8.30. The van der Waals surface area contributed by atoms with Gasteiger partial charge in [0.1, 0.15) is 11.6 Å². The maximum Gasteiger partial charge on any atom is 0.267 e. The van der Waals surface area contributed by atoms with Gasteiger partial charge in [0.15, 0.2) is 0 Å². The van der Waals surface area contributed by atoms with Crippen molar-refractivity contribution in [1.82, 2.24) is 5.32 Å². The van der Waals surface area contributed by atoms with E-state index in [1.165, 1.54) is 12.8 Å². The van der Waals surface area contributed by atoms with E-state index in [4.69, 9.17) is 0 Å². The molecule has 2 rings (SSSR count). The minimum absolute atomic E-state index is 0.120. The van der Waals surface area contributed by atoms with Crippen LogP contribution in [0.3, 0.4) is 0 Å². The Hall–Kier alpha value is -2.28. The van der Waals surface area contributed by atoms with Crippen molar-refractivity contribution in [3.05, 3.63) is 41.1 Å². The Balaban J connectivity index is 2.14. The van der Waals surface area contributed by atoms with Crippen molar-refractivity contribution in [2.75, 3.05) is 5.32 Å². The summed E-state index contributed by atoms with van der Waals surface area (Å²) in [5, 5.41) is 15.4. The van der Waals surface area contributed by atoms with E-state index in [9.17, 15) is 10.1 Å². The van der Waals surface area contributed by atoms with Gasteiger partial charge in [-0.3, -0.25) is 4.79 Å². The molecule has 0 spiro atoms. The summed E-state index contributed by atoms with van der Waals surface area (Å²) >= 11 is 0. The molecule has 1 aromatic rings. The lowest BCUT2D eigenvalue weighted by molar-refractivity contribution is -0.112. The predicted octanol–water partition coefficient (Wildman–Crippen LogP) is 4.00. The average molecular weight is 311 g/mol. The molecule has 0 aliphatic heterocycles. The number of nitrogens with zero attached hydrogens (tertiary/aromatic N) is 1. The number of rotatable bonds is 5. The van der Waals surface area contributed by atoms with E-state index in [1.54, 1.807) is 6.20 Å². The topological polar surface area (TPSA) is 64.9 Å². The lowest BCUT2D eigenvalue weighted by atomic mass is 9.98. The number of amides is 1. The number of anilines is 1. The summed E-state index contributed by atoms with van der Waals surface area (Å²) in [6, 6.07) is 8.35. The van der Waals surface area contributed by atoms with Crippen LogP contribution in [0.4, 0.5) is 5.69 Å². The summed E-state index contributed by atoms with van der Waals surface area (Å²) in [6.07, 6.45) is 6.19. The lowest BCUT2D eigenvalue weighted by Gasteiger charge is -2.16. The predicted molar refractivity (Wildman–Crippen MR) is 93.0 cm³/mol. The van der Waals surface area contributed by atoms with E-state index in [-0.39, 0.29) is 11.5 Å². The number of hydrogen-bond donors (Lipinski definition) is 2. The van der Waals surface area contributed by atoms with Crippen LogP contribution in [0.25, 0.3) is 0 Å². The van der Waals surface area contributed by atoms with Gasteiger partial charge >= 0.3 is 0 Å². The molecule has 23 heavy (non-hydrogen) atoms. The normalized spacial score (nSPS) is 15.5. The molecular formula is C19H25N3O. The van der Waals surface area contributed by atoms with E-state index < -0.39 is 0 Å². The number of aryl methyl sites for hydroxylation is 1. The van der Waals surface area contributed by atoms with Crippen molar-refractivity contribution in [2.45, 2.75) is 58.4 Å². The maximum atomic E-state index is 12.4. The quantitative estimate of drug-likeness (QED) is 0.638. The highest BCUT2D eigenvalue weighted by Gasteiger charge is 2.17. The molecule has 1 aromatic carbocycles. The van der Waals surface area contributed by atoms with Crippen LogP contribution in [0.1, 0.15) is 56.6 Å². The Morgan fingerprint density at radius 3 is 2.65 bits per heavy atom. The van der Waals surface area contributed by atoms with Crippen LogP contribution in [-0.2, 0) is 4.79 Å². The van der Waals surface area contributed by atoms with Crippen molar-refractivity contribution in [3.63, 3.8) is 0 Å². The number of para-hydroxylation sites is 1. The molecule has 0 radical (unpaired) electrons. The molecule has 2 N–H and O–H groups in total. The molecule has 0 unspecified atom stereocenters. The van der Waals surface area contributed by atoms with Gasteiger partial charge in [0.25, 0.3) is 5.91 Å². The van der Waals surface area contributed by atoms with Crippen LogP contribution in [0, 0.1) is 18.3 Å². The largest absolute Gasteiger partial charge is 0.387 e. The van der Waals surface area contributed by atoms with Gasteiger partial charge in [-0.2, -0.15) is 5.26 Å². The number of nitriles is 1. The summed E-state index contributed by atoms with van der Waals surface area (Å²) in [5.41, 5.74) is 3.02.